The molecule has 8 nitrogen and oxygen atoms in total. The van der Waals surface area contributed by atoms with Crippen LogP contribution >= 0.6 is 11.6 Å². The van der Waals surface area contributed by atoms with Crippen LogP contribution in [0, 0.1) is 0 Å². The van der Waals surface area contributed by atoms with E-state index < -0.39 is 15.9 Å². The number of hydrogen-bond acceptors (Lipinski definition) is 7. The van der Waals surface area contributed by atoms with Crippen LogP contribution in [0.2, 0.25) is 5.02 Å². The van der Waals surface area contributed by atoms with Crippen LogP contribution in [0.15, 0.2) is 77.8 Å². The highest BCUT2D eigenvalue weighted by Crippen LogP contribution is 2.35. The van der Waals surface area contributed by atoms with Crippen LogP contribution in [0.4, 0.5) is 11.5 Å². The minimum atomic E-state index is -3.42. The third-order valence-electron chi connectivity index (χ3n) is 6.57. The fourth-order valence-electron chi connectivity index (χ4n) is 4.38. The summed E-state index contributed by atoms with van der Waals surface area (Å²) in [4.78, 5) is 18.0. The van der Waals surface area contributed by atoms with Crippen LogP contribution in [0.1, 0.15) is 30.0 Å². The van der Waals surface area contributed by atoms with Crippen molar-refractivity contribution in [1.29, 1.82) is 0 Å². The first-order valence-corrected chi connectivity index (χ1v) is 14.0. The van der Waals surface area contributed by atoms with E-state index >= 15 is 0 Å². The van der Waals surface area contributed by atoms with Gasteiger partial charge in [0.2, 0.25) is 5.91 Å². The van der Waals surface area contributed by atoms with Crippen molar-refractivity contribution in [3.63, 3.8) is 0 Å². The Balaban J connectivity index is 1.44. The lowest BCUT2D eigenvalue weighted by Crippen LogP contribution is -2.33. The molecule has 1 aliphatic carbocycles. The number of hydrogen-bond donors (Lipinski definition) is 3. The largest absolute Gasteiger partial charge is 0.495 e. The SMILES string of the molecule is COc1cc(C(Nc2ccc3c(N)nccc3c2)C(=O)NCc2ccccc2S(=O)(=O)C2CC2)ccc1Cl. The summed E-state index contributed by atoms with van der Waals surface area (Å²) in [5.41, 5.74) is 7.85. The number of nitrogens with one attached hydrogen (secondary N) is 2. The van der Waals surface area contributed by atoms with Crippen molar-refractivity contribution >= 4 is 49.6 Å². The molecule has 1 aromatic heterocycles. The van der Waals surface area contributed by atoms with Crippen LogP contribution in [-0.4, -0.2) is 31.7 Å². The topological polar surface area (TPSA) is 123 Å². The Hall–Kier alpha value is -3.82. The number of benzene rings is 3. The molecular formula is C28H27ClN4O4S. The van der Waals surface area contributed by atoms with Crippen LogP contribution in [0.3, 0.4) is 0 Å². The van der Waals surface area contributed by atoms with Gasteiger partial charge in [-0.3, -0.25) is 4.79 Å². The minimum Gasteiger partial charge on any atom is -0.495 e. The van der Waals surface area contributed by atoms with E-state index in [-0.39, 0.29) is 22.6 Å². The second-order valence-corrected chi connectivity index (χ2v) is 11.8. The number of carbonyl (C=O) groups excluding carboxylic acids is 1. The third-order valence-corrected chi connectivity index (χ3v) is 9.24. The van der Waals surface area contributed by atoms with E-state index in [4.69, 9.17) is 22.1 Å². The predicted molar refractivity (Wildman–Crippen MR) is 149 cm³/mol. The fourth-order valence-corrected chi connectivity index (χ4v) is 6.47. The van der Waals surface area contributed by atoms with Crippen molar-refractivity contribution in [3.8, 4) is 5.75 Å². The third kappa shape index (κ3) is 5.25. The predicted octanol–water partition coefficient (Wildman–Crippen LogP) is 4.88. The molecule has 1 aliphatic rings. The highest BCUT2D eigenvalue weighted by molar-refractivity contribution is 7.92. The lowest BCUT2D eigenvalue weighted by molar-refractivity contribution is -0.122. The normalized spacial score (nSPS) is 14.2. The molecule has 3 aromatic carbocycles. The maximum absolute atomic E-state index is 13.6. The minimum absolute atomic E-state index is 0.0593. The zero-order valence-electron chi connectivity index (χ0n) is 20.6. The summed E-state index contributed by atoms with van der Waals surface area (Å²) in [7, 11) is -1.91. The van der Waals surface area contributed by atoms with E-state index in [1.165, 1.54) is 7.11 Å². The zero-order chi connectivity index (χ0) is 26.9. The summed E-state index contributed by atoms with van der Waals surface area (Å²) >= 11 is 6.23. The molecule has 0 radical (unpaired) electrons. The van der Waals surface area contributed by atoms with Crippen LogP contribution in [0.25, 0.3) is 10.8 Å². The molecule has 0 bridgehead atoms. The molecule has 1 unspecified atom stereocenters. The number of anilines is 2. The molecule has 1 amide bonds. The maximum atomic E-state index is 13.6. The summed E-state index contributed by atoms with van der Waals surface area (Å²) in [6, 6.07) is 18.5. The highest BCUT2D eigenvalue weighted by Gasteiger charge is 2.38. The van der Waals surface area contributed by atoms with E-state index in [9.17, 15) is 13.2 Å². The number of rotatable bonds is 9. The van der Waals surface area contributed by atoms with Crippen molar-refractivity contribution in [2.75, 3.05) is 18.2 Å². The van der Waals surface area contributed by atoms with Gasteiger partial charge in [-0.1, -0.05) is 35.9 Å². The smallest absolute Gasteiger partial charge is 0.247 e. The number of pyridine rings is 1. The van der Waals surface area contributed by atoms with Crippen LogP contribution < -0.4 is 21.1 Å². The number of fused-ring (bicyclic) bond motifs is 1. The molecule has 1 saturated carbocycles. The molecule has 1 atom stereocenters. The monoisotopic (exact) mass is 550 g/mol. The Morgan fingerprint density at radius 1 is 1.13 bits per heavy atom. The number of ether oxygens (including phenoxy) is 1. The average molecular weight is 551 g/mol. The number of carbonyl (C=O) groups is 1. The number of nitrogen functional groups attached to an aromatic ring is 1. The number of methoxy groups -OCH3 is 1. The lowest BCUT2D eigenvalue weighted by Gasteiger charge is -2.22. The molecule has 1 heterocycles. The van der Waals surface area contributed by atoms with E-state index in [2.05, 4.69) is 15.6 Å². The van der Waals surface area contributed by atoms with Gasteiger partial charge >= 0.3 is 0 Å². The van der Waals surface area contributed by atoms with Gasteiger partial charge in [0.1, 0.15) is 17.6 Å². The number of halogens is 1. The van der Waals surface area contributed by atoms with E-state index in [1.54, 1.807) is 48.7 Å². The standard InChI is InChI=1S/C28H27ClN4O4S/c1-37-24-15-18(6-11-23(24)29)26(33-20-7-10-22-17(14-20)12-13-31-27(22)30)28(34)32-16-19-4-2-3-5-25(19)38(35,36)21-8-9-21/h2-7,10-15,21,26,33H,8-9,16H2,1H3,(H2,30,31)(H,32,34). The Morgan fingerprint density at radius 2 is 1.92 bits per heavy atom. The van der Waals surface area contributed by atoms with E-state index in [0.29, 0.717) is 46.2 Å². The molecule has 5 rings (SSSR count). The van der Waals surface area contributed by atoms with Crippen molar-refractivity contribution in [2.45, 2.75) is 35.6 Å². The van der Waals surface area contributed by atoms with Crippen molar-refractivity contribution in [3.05, 3.63) is 89.1 Å². The van der Waals surface area contributed by atoms with Gasteiger partial charge in [0.05, 0.1) is 22.3 Å². The first-order chi connectivity index (χ1) is 18.3. The first kappa shape index (κ1) is 25.8. The Morgan fingerprint density at radius 3 is 2.68 bits per heavy atom. The molecule has 0 saturated heterocycles. The second kappa shape index (κ2) is 10.5. The number of sulfone groups is 1. The van der Waals surface area contributed by atoms with Gasteiger partial charge in [-0.15, -0.1) is 0 Å². The van der Waals surface area contributed by atoms with Crippen molar-refractivity contribution in [2.24, 2.45) is 0 Å². The molecule has 196 valence electrons. The van der Waals surface area contributed by atoms with Gasteiger partial charge in [0.15, 0.2) is 9.84 Å². The van der Waals surface area contributed by atoms with Gasteiger partial charge in [0, 0.05) is 23.8 Å². The van der Waals surface area contributed by atoms with Crippen LogP contribution in [0.5, 0.6) is 5.75 Å². The first-order valence-electron chi connectivity index (χ1n) is 12.1. The number of nitrogens with zero attached hydrogens (tertiary/aromatic N) is 1. The fraction of sp³-hybridized carbons (Fsp3) is 0.214. The van der Waals surface area contributed by atoms with E-state index in [1.807, 2.05) is 24.3 Å². The van der Waals surface area contributed by atoms with Gasteiger partial charge in [-0.25, -0.2) is 13.4 Å². The Bertz CT molecular complexity index is 1620. The van der Waals surface area contributed by atoms with Crippen LogP contribution in [-0.2, 0) is 21.2 Å². The van der Waals surface area contributed by atoms with Gasteiger partial charge in [-0.05, 0) is 71.8 Å². The summed E-state index contributed by atoms with van der Waals surface area (Å²) in [5.74, 6) is 0.509. The quantitative estimate of drug-likeness (QED) is 0.271. The number of amides is 1. The maximum Gasteiger partial charge on any atom is 0.247 e. The Labute approximate surface area is 226 Å². The highest BCUT2D eigenvalue weighted by atomic mass is 35.5. The number of nitrogens with two attached hydrogens (primary N) is 1. The van der Waals surface area contributed by atoms with Crippen molar-refractivity contribution < 1.29 is 17.9 Å². The zero-order valence-corrected chi connectivity index (χ0v) is 22.2. The average Bonchev–Trinajstić information content (AvgIpc) is 3.78. The number of aromatic nitrogens is 1. The molecule has 38 heavy (non-hydrogen) atoms. The lowest BCUT2D eigenvalue weighted by atomic mass is 10.0. The summed E-state index contributed by atoms with van der Waals surface area (Å²) in [5, 5.41) is 7.97. The molecule has 10 heteroatoms. The van der Waals surface area contributed by atoms with Gasteiger partial charge in [0.25, 0.3) is 0 Å². The molecule has 4 aromatic rings. The van der Waals surface area contributed by atoms with Crippen molar-refractivity contribution in [1.82, 2.24) is 10.3 Å². The molecule has 0 spiro atoms. The molecule has 1 fully saturated rings. The summed E-state index contributed by atoms with van der Waals surface area (Å²) in [6.07, 6.45) is 2.96. The second-order valence-electron chi connectivity index (χ2n) is 9.17. The molecule has 4 N–H and O–H groups in total. The Kier molecular flexibility index (Phi) is 7.14. The summed E-state index contributed by atoms with van der Waals surface area (Å²) in [6.45, 7) is 0.0593. The molecular weight excluding hydrogens is 524 g/mol. The summed E-state index contributed by atoms with van der Waals surface area (Å²) < 4.78 is 31.2. The van der Waals surface area contributed by atoms with Gasteiger partial charge in [-0.2, -0.15) is 0 Å². The molecule has 0 aliphatic heterocycles. The van der Waals surface area contributed by atoms with E-state index in [0.717, 1.165) is 10.8 Å². The van der Waals surface area contributed by atoms with Gasteiger partial charge < -0.3 is 21.1 Å².